The third-order valence-electron chi connectivity index (χ3n) is 5.43. The van der Waals surface area contributed by atoms with Crippen molar-refractivity contribution in [1.82, 2.24) is 16.0 Å². The van der Waals surface area contributed by atoms with Crippen LogP contribution < -0.4 is 21.7 Å². The molecule has 5 atom stereocenters. The third kappa shape index (κ3) is 10.1. The zero-order valence-electron chi connectivity index (χ0n) is 20.0. The lowest BCUT2D eigenvalue weighted by atomic mass is 9.97. The van der Waals surface area contributed by atoms with Crippen molar-refractivity contribution in [2.75, 3.05) is 0 Å². The van der Waals surface area contributed by atoms with Crippen molar-refractivity contribution in [2.24, 2.45) is 11.7 Å². The first kappa shape index (κ1) is 30.0. The lowest BCUT2D eigenvalue weighted by Crippen LogP contribution is -2.59. The van der Waals surface area contributed by atoms with Crippen LogP contribution >= 0.6 is 0 Å². The summed E-state index contributed by atoms with van der Waals surface area (Å²) in [5.41, 5.74) is 6.16. The Hall–Kier alpha value is -4.00. The quantitative estimate of drug-likeness (QED) is 0.154. The van der Waals surface area contributed by atoms with Crippen LogP contribution in [0.1, 0.15) is 38.7 Å². The molecule has 1 aromatic carbocycles. The molecule has 1 rings (SSSR count). The standard InChI is InChI=1S/C23H32N4O9/c1-3-12(2)19(27-20(32)14(24)10-17(28)29)22(34)25-15(11-18(30)31)21(33)26-16(23(35)36)9-13-7-5-4-6-8-13/h4-8,12,14-16,19H,3,9-11,24H2,1-2H3,(H,25,34)(H,26,33)(H,27,32)(H,28,29)(H,30,31)(H,35,36). The summed E-state index contributed by atoms with van der Waals surface area (Å²) in [5.74, 6) is -7.45. The van der Waals surface area contributed by atoms with Crippen molar-refractivity contribution in [2.45, 2.75) is 63.7 Å². The van der Waals surface area contributed by atoms with Gasteiger partial charge in [-0.25, -0.2) is 4.79 Å². The Kier molecular flexibility index (Phi) is 12.0. The van der Waals surface area contributed by atoms with Gasteiger partial charge < -0.3 is 37.0 Å². The van der Waals surface area contributed by atoms with Crippen LogP contribution in [0.5, 0.6) is 0 Å². The summed E-state index contributed by atoms with van der Waals surface area (Å²) < 4.78 is 0. The minimum absolute atomic E-state index is 0.0807. The lowest BCUT2D eigenvalue weighted by Gasteiger charge is -2.27. The summed E-state index contributed by atoms with van der Waals surface area (Å²) in [6, 6.07) is 2.69. The predicted molar refractivity (Wildman–Crippen MR) is 126 cm³/mol. The van der Waals surface area contributed by atoms with Crippen molar-refractivity contribution in [3.05, 3.63) is 35.9 Å². The van der Waals surface area contributed by atoms with E-state index in [-0.39, 0.29) is 6.42 Å². The summed E-state index contributed by atoms with van der Waals surface area (Å²) in [4.78, 5) is 71.9. The first-order chi connectivity index (χ1) is 16.8. The van der Waals surface area contributed by atoms with E-state index in [0.29, 0.717) is 12.0 Å². The number of nitrogens with two attached hydrogens (primary N) is 1. The zero-order chi connectivity index (χ0) is 27.4. The monoisotopic (exact) mass is 508 g/mol. The smallest absolute Gasteiger partial charge is 0.326 e. The molecule has 198 valence electrons. The van der Waals surface area contributed by atoms with E-state index in [9.17, 15) is 39.0 Å². The molecule has 0 bridgehead atoms. The fourth-order valence-electron chi connectivity index (χ4n) is 3.21. The van der Waals surface area contributed by atoms with E-state index in [1.165, 1.54) is 0 Å². The number of hydrogen-bond donors (Lipinski definition) is 7. The highest BCUT2D eigenvalue weighted by Crippen LogP contribution is 2.10. The highest BCUT2D eigenvalue weighted by atomic mass is 16.4. The number of carbonyl (C=O) groups is 6. The van der Waals surface area contributed by atoms with E-state index in [4.69, 9.17) is 10.8 Å². The molecule has 0 aromatic heterocycles. The Morgan fingerprint density at radius 2 is 1.36 bits per heavy atom. The van der Waals surface area contributed by atoms with Gasteiger partial charge in [0.1, 0.15) is 18.1 Å². The van der Waals surface area contributed by atoms with Gasteiger partial charge in [0, 0.05) is 6.42 Å². The predicted octanol–water partition coefficient (Wildman–Crippen LogP) is -0.909. The fraction of sp³-hybridized carbons (Fsp3) is 0.478. The van der Waals surface area contributed by atoms with Crippen molar-refractivity contribution < 1.29 is 44.1 Å². The average Bonchev–Trinajstić information content (AvgIpc) is 2.80. The fourth-order valence-corrected chi connectivity index (χ4v) is 3.21. The number of benzene rings is 1. The van der Waals surface area contributed by atoms with E-state index < -0.39 is 78.6 Å². The maximum Gasteiger partial charge on any atom is 0.326 e. The summed E-state index contributed by atoms with van der Waals surface area (Å²) >= 11 is 0. The van der Waals surface area contributed by atoms with Crippen molar-refractivity contribution in [3.63, 3.8) is 0 Å². The summed E-state index contributed by atoms with van der Waals surface area (Å²) in [6.45, 7) is 3.33. The first-order valence-electron chi connectivity index (χ1n) is 11.2. The summed E-state index contributed by atoms with van der Waals surface area (Å²) in [6.07, 6.45) is -1.22. The molecular weight excluding hydrogens is 476 g/mol. The van der Waals surface area contributed by atoms with E-state index in [0.717, 1.165) is 0 Å². The van der Waals surface area contributed by atoms with Crippen LogP contribution in [-0.4, -0.2) is 75.1 Å². The number of hydrogen-bond acceptors (Lipinski definition) is 7. The molecule has 13 nitrogen and oxygen atoms in total. The Morgan fingerprint density at radius 1 is 0.806 bits per heavy atom. The van der Waals surface area contributed by atoms with Crippen molar-refractivity contribution in [1.29, 1.82) is 0 Å². The number of carbonyl (C=O) groups excluding carboxylic acids is 3. The van der Waals surface area contributed by atoms with E-state index >= 15 is 0 Å². The Bertz CT molecular complexity index is 954. The molecule has 0 aliphatic rings. The minimum atomic E-state index is -1.65. The molecule has 0 radical (unpaired) electrons. The van der Waals surface area contributed by atoms with Crippen molar-refractivity contribution in [3.8, 4) is 0 Å². The Labute approximate surface area is 207 Å². The molecule has 8 N–H and O–H groups in total. The second-order valence-electron chi connectivity index (χ2n) is 8.32. The maximum absolute atomic E-state index is 13.0. The van der Waals surface area contributed by atoms with Gasteiger partial charge >= 0.3 is 17.9 Å². The van der Waals surface area contributed by atoms with Crippen molar-refractivity contribution >= 4 is 35.6 Å². The lowest BCUT2D eigenvalue weighted by molar-refractivity contribution is -0.143. The van der Waals surface area contributed by atoms with Gasteiger partial charge in [-0.1, -0.05) is 50.6 Å². The Morgan fingerprint density at radius 3 is 1.86 bits per heavy atom. The number of nitrogens with one attached hydrogen (secondary N) is 3. The molecule has 5 unspecified atom stereocenters. The van der Waals surface area contributed by atoms with Gasteiger partial charge in [0.2, 0.25) is 17.7 Å². The van der Waals surface area contributed by atoms with Crippen LogP contribution in [0.4, 0.5) is 0 Å². The summed E-state index contributed by atoms with van der Waals surface area (Å²) in [5, 5.41) is 34.4. The normalized spacial score (nSPS) is 14.9. The van der Waals surface area contributed by atoms with Crippen LogP contribution in [0.3, 0.4) is 0 Å². The molecule has 3 amide bonds. The van der Waals surface area contributed by atoms with Crippen LogP contribution in [0, 0.1) is 5.92 Å². The van der Waals surface area contributed by atoms with Crippen LogP contribution in [0.2, 0.25) is 0 Å². The second kappa shape index (κ2) is 14.4. The molecule has 0 fully saturated rings. The Balaban J connectivity index is 3.04. The van der Waals surface area contributed by atoms with Crippen LogP contribution in [0.15, 0.2) is 30.3 Å². The van der Waals surface area contributed by atoms with Crippen LogP contribution in [0.25, 0.3) is 0 Å². The molecule has 1 aromatic rings. The average molecular weight is 509 g/mol. The van der Waals surface area contributed by atoms with E-state index in [2.05, 4.69) is 16.0 Å². The first-order valence-corrected chi connectivity index (χ1v) is 11.2. The maximum atomic E-state index is 13.0. The van der Waals surface area contributed by atoms with Gasteiger partial charge in [-0.05, 0) is 11.5 Å². The molecule has 0 saturated carbocycles. The largest absolute Gasteiger partial charge is 0.481 e. The van der Waals surface area contributed by atoms with Gasteiger partial charge in [0.25, 0.3) is 0 Å². The third-order valence-corrected chi connectivity index (χ3v) is 5.43. The molecule has 13 heteroatoms. The molecule has 0 spiro atoms. The highest BCUT2D eigenvalue weighted by molar-refractivity contribution is 5.96. The number of carboxylic acid groups (broad SMARTS) is 3. The highest BCUT2D eigenvalue weighted by Gasteiger charge is 2.33. The zero-order valence-corrected chi connectivity index (χ0v) is 20.0. The van der Waals surface area contributed by atoms with Gasteiger partial charge in [0.05, 0.1) is 18.9 Å². The minimum Gasteiger partial charge on any atom is -0.481 e. The molecule has 36 heavy (non-hydrogen) atoms. The van der Waals surface area contributed by atoms with Gasteiger partial charge in [-0.2, -0.15) is 0 Å². The van der Waals surface area contributed by atoms with Gasteiger partial charge in [0.15, 0.2) is 0 Å². The molecule has 0 saturated heterocycles. The SMILES string of the molecule is CCC(C)C(NC(=O)C(N)CC(=O)O)C(=O)NC(CC(=O)O)C(=O)NC(Cc1ccccc1)C(=O)O. The molecule has 0 heterocycles. The molecular formula is C23H32N4O9. The summed E-state index contributed by atoms with van der Waals surface area (Å²) in [7, 11) is 0. The second-order valence-corrected chi connectivity index (χ2v) is 8.32. The topological polar surface area (TPSA) is 225 Å². The number of amides is 3. The number of carboxylic acids is 3. The van der Waals surface area contributed by atoms with Gasteiger partial charge in [-0.3, -0.25) is 24.0 Å². The molecule has 0 aliphatic carbocycles. The van der Waals surface area contributed by atoms with E-state index in [1.54, 1.807) is 44.2 Å². The number of aliphatic carboxylic acids is 3. The van der Waals surface area contributed by atoms with Gasteiger partial charge in [-0.15, -0.1) is 0 Å². The van der Waals surface area contributed by atoms with Crippen LogP contribution in [-0.2, 0) is 35.2 Å². The van der Waals surface area contributed by atoms with E-state index in [1.807, 2.05) is 0 Å². The number of rotatable bonds is 15. The molecule has 0 aliphatic heterocycles.